The van der Waals surface area contributed by atoms with Gasteiger partial charge in [-0.15, -0.1) is 11.8 Å². The second kappa shape index (κ2) is 6.37. The molecule has 0 atom stereocenters. The zero-order chi connectivity index (χ0) is 16.3. The van der Waals surface area contributed by atoms with E-state index in [4.69, 9.17) is 0 Å². The molecule has 0 radical (unpaired) electrons. The van der Waals surface area contributed by atoms with Crippen molar-refractivity contribution in [1.29, 1.82) is 0 Å². The fourth-order valence-electron chi connectivity index (χ4n) is 1.79. The molecule has 0 aliphatic heterocycles. The molecule has 1 N–H and O–H groups in total. The first-order valence-corrected chi connectivity index (χ1v) is 8.96. The lowest BCUT2D eigenvalue weighted by molar-refractivity contribution is -0.384. The highest BCUT2D eigenvalue weighted by molar-refractivity contribution is 7.98. The number of non-ortho nitro benzene ring substituents is 1. The lowest BCUT2D eigenvalue weighted by atomic mass is 10.2. The third-order valence-electron chi connectivity index (χ3n) is 3.05. The van der Waals surface area contributed by atoms with Crippen molar-refractivity contribution in [3.05, 3.63) is 58.1 Å². The standard InChI is InChI=1S/C14H14N2O4S2/c1-10-3-4-11(16(17)18)9-14(10)15-22(19,20)13-7-5-12(21-2)6-8-13/h3-9,15H,1-2H3. The summed E-state index contributed by atoms with van der Waals surface area (Å²) in [7, 11) is -3.79. The van der Waals surface area contributed by atoms with E-state index in [1.807, 2.05) is 6.26 Å². The number of anilines is 1. The van der Waals surface area contributed by atoms with E-state index < -0.39 is 14.9 Å². The second-order valence-electron chi connectivity index (χ2n) is 4.54. The molecule has 0 saturated carbocycles. The average molecular weight is 338 g/mol. The highest BCUT2D eigenvalue weighted by atomic mass is 32.2. The van der Waals surface area contributed by atoms with E-state index >= 15 is 0 Å². The number of aryl methyl sites for hydroxylation is 1. The number of benzene rings is 2. The molecule has 0 aromatic heterocycles. The van der Waals surface area contributed by atoms with Crippen LogP contribution in [0.1, 0.15) is 5.56 Å². The lowest BCUT2D eigenvalue weighted by Crippen LogP contribution is -2.13. The van der Waals surface area contributed by atoms with Crippen molar-refractivity contribution in [2.24, 2.45) is 0 Å². The SMILES string of the molecule is CSc1ccc(S(=O)(=O)Nc2cc([N+](=O)[O-])ccc2C)cc1. The summed E-state index contributed by atoms with van der Waals surface area (Å²) in [5.74, 6) is 0. The van der Waals surface area contributed by atoms with Crippen LogP contribution in [0.15, 0.2) is 52.3 Å². The molecule has 2 aromatic carbocycles. The van der Waals surface area contributed by atoms with Crippen LogP contribution in [0.25, 0.3) is 0 Å². The van der Waals surface area contributed by atoms with Gasteiger partial charge >= 0.3 is 0 Å². The summed E-state index contributed by atoms with van der Waals surface area (Å²) in [5.41, 5.74) is 0.638. The molecule has 0 amide bonds. The van der Waals surface area contributed by atoms with Crippen LogP contribution in [0, 0.1) is 17.0 Å². The van der Waals surface area contributed by atoms with Gasteiger partial charge in [0.25, 0.3) is 15.7 Å². The molecule has 0 aliphatic rings. The summed E-state index contributed by atoms with van der Waals surface area (Å²) in [6.45, 7) is 1.68. The predicted octanol–water partition coefficient (Wildman–Crippen LogP) is 3.43. The molecule has 0 aliphatic carbocycles. The Morgan fingerprint density at radius 2 is 1.77 bits per heavy atom. The molecule has 2 rings (SSSR count). The molecule has 0 unspecified atom stereocenters. The van der Waals surface area contributed by atoms with Gasteiger partial charge in [-0.1, -0.05) is 6.07 Å². The molecule has 6 nitrogen and oxygen atoms in total. The van der Waals surface area contributed by atoms with Crippen molar-refractivity contribution in [3.63, 3.8) is 0 Å². The Labute approximate surface area is 132 Å². The summed E-state index contributed by atoms with van der Waals surface area (Å²) in [6.07, 6.45) is 1.90. The number of hydrogen-bond acceptors (Lipinski definition) is 5. The fourth-order valence-corrected chi connectivity index (χ4v) is 3.32. The third-order valence-corrected chi connectivity index (χ3v) is 5.17. The summed E-state index contributed by atoms with van der Waals surface area (Å²) in [4.78, 5) is 11.3. The van der Waals surface area contributed by atoms with Crippen LogP contribution in [0.4, 0.5) is 11.4 Å². The molecule has 0 heterocycles. The smallest absolute Gasteiger partial charge is 0.271 e. The van der Waals surface area contributed by atoms with Gasteiger partial charge in [-0.2, -0.15) is 0 Å². The maximum Gasteiger partial charge on any atom is 0.271 e. The van der Waals surface area contributed by atoms with Crippen LogP contribution >= 0.6 is 11.8 Å². The number of rotatable bonds is 5. The van der Waals surface area contributed by atoms with Gasteiger partial charge in [0, 0.05) is 17.0 Å². The molecule has 116 valence electrons. The van der Waals surface area contributed by atoms with E-state index in [-0.39, 0.29) is 16.3 Å². The molecule has 2 aromatic rings. The molecule has 0 spiro atoms. The van der Waals surface area contributed by atoms with Crippen LogP contribution in [0.5, 0.6) is 0 Å². The van der Waals surface area contributed by atoms with E-state index in [9.17, 15) is 18.5 Å². The third kappa shape index (κ3) is 3.58. The van der Waals surface area contributed by atoms with Crippen molar-refractivity contribution >= 4 is 33.2 Å². The zero-order valence-corrected chi connectivity index (χ0v) is 13.6. The van der Waals surface area contributed by atoms with E-state index in [1.165, 1.54) is 42.1 Å². The largest absolute Gasteiger partial charge is 0.279 e. The number of nitro benzene ring substituents is 1. The minimum Gasteiger partial charge on any atom is -0.279 e. The van der Waals surface area contributed by atoms with E-state index in [0.717, 1.165) is 4.90 Å². The number of nitro groups is 1. The average Bonchev–Trinajstić information content (AvgIpc) is 2.49. The van der Waals surface area contributed by atoms with Crippen LogP contribution in [-0.2, 0) is 10.0 Å². The normalized spacial score (nSPS) is 11.2. The number of thioether (sulfide) groups is 1. The first-order chi connectivity index (χ1) is 10.3. The Bertz CT molecular complexity index is 802. The number of sulfonamides is 1. The molecule has 0 saturated heterocycles. The van der Waals surface area contributed by atoms with Crippen LogP contribution < -0.4 is 4.72 Å². The minimum absolute atomic E-state index is 0.108. The van der Waals surface area contributed by atoms with Crippen molar-refractivity contribution in [2.45, 2.75) is 16.7 Å². The van der Waals surface area contributed by atoms with E-state index in [0.29, 0.717) is 5.56 Å². The Hall–Kier alpha value is -2.06. The van der Waals surface area contributed by atoms with E-state index in [1.54, 1.807) is 19.1 Å². The van der Waals surface area contributed by atoms with Crippen molar-refractivity contribution in [2.75, 3.05) is 11.0 Å². The molecule has 0 fully saturated rings. The fraction of sp³-hybridized carbons (Fsp3) is 0.143. The van der Waals surface area contributed by atoms with E-state index in [2.05, 4.69) is 4.72 Å². The first kappa shape index (κ1) is 16.3. The van der Waals surface area contributed by atoms with Gasteiger partial charge in [-0.3, -0.25) is 14.8 Å². The number of hydrogen-bond donors (Lipinski definition) is 1. The predicted molar refractivity (Wildman–Crippen MR) is 86.9 cm³/mol. The Morgan fingerprint density at radius 1 is 1.14 bits per heavy atom. The molecular weight excluding hydrogens is 324 g/mol. The Morgan fingerprint density at radius 3 is 2.32 bits per heavy atom. The lowest BCUT2D eigenvalue weighted by Gasteiger charge is -2.10. The summed E-state index contributed by atoms with van der Waals surface area (Å²) in [6, 6.07) is 10.5. The van der Waals surface area contributed by atoms with Gasteiger partial charge in [0.15, 0.2) is 0 Å². The van der Waals surface area contributed by atoms with Gasteiger partial charge < -0.3 is 0 Å². The van der Waals surface area contributed by atoms with Crippen LogP contribution in [0.2, 0.25) is 0 Å². The number of nitrogens with zero attached hydrogens (tertiary/aromatic N) is 1. The van der Waals surface area contributed by atoms with Crippen molar-refractivity contribution < 1.29 is 13.3 Å². The monoisotopic (exact) mass is 338 g/mol. The quantitative estimate of drug-likeness (QED) is 0.512. The maximum atomic E-state index is 12.3. The van der Waals surface area contributed by atoms with Crippen LogP contribution in [0.3, 0.4) is 0 Å². The number of nitrogens with one attached hydrogen (secondary N) is 1. The van der Waals surface area contributed by atoms with Gasteiger partial charge in [-0.05, 0) is 43.0 Å². The first-order valence-electron chi connectivity index (χ1n) is 6.25. The highest BCUT2D eigenvalue weighted by Crippen LogP contribution is 2.25. The van der Waals surface area contributed by atoms with Crippen molar-refractivity contribution in [1.82, 2.24) is 0 Å². The van der Waals surface area contributed by atoms with Gasteiger partial charge in [0.1, 0.15) is 0 Å². The minimum atomic E-state index is -3.79. The summed E-state index contributed by atoms with van der Waals surface area (Å²) >= 11 is 1.51. The van der Waals surface area contributed by atoms with Crippen molar-refractivity contribution in [3.8, 4) is 0 Å². The second-order valence-corrected chi connectivity index (χ2v) is 7.10. The summed E-state index contributed by atoms with van der Waals surface area (Å²) in [5, 5.41) is 10.8. The van der Waals surface area contributed by atoms with Gasteiger partial charge in [0.05, 0.1) is 15.5 Å². The van der Waals surface area contributed by atoms with Gasteiger partial charge in [-0.25, -0.2) is 8.42 Å². The Kier molecular flexibility index (Phi) is 4.72. The Balaban J connectivity index is 2.35. The maximum absolute atomic E-state index is 12.3. The molecule has 22 heavy (non-hydrogen) atoms. The molecule has 8 heteroatoms. The highest BCUT2D eigenvalue weighted by Gasteiger charge is 2.17. The molecule has 0 bridgehead atoms. The zero-order valence-electron chi connectivity index (χ0n) is 11.9. The topological polar surface area (TPSA) is 89.3 Å². The van der Waals surface area contributed by atoms with Crippen LogP contribution in [-0.4, -0.2) is 19.6 Å². The summed E-state index contributed by atoms with van der Waals surface area (Å²) < 4.78 is 27.1. The molecular formula is C14H14N2O4S2. The van der Waals surface area contributed by atoms with Gasteiger partial charge in [0.2, 0.25) is 0 Å².